The van der Waals surface area contributed by atoms with Gasteiger partial charge in [-0.15, -0.1) is 11.8 Å². The van der Waals surface area contributed by atoms with Crippen molar-refractivity contribution in [1.82, 2.24) is 4.72 Å². The molecule has 0 atom stereocenters. The highest BCUT2D eigenvalue weighted by Crippen LogP contribution is 2.40. The number of nitrogens with zero attached hydrogens (tertiary/aromatic N) is 1. The van der Waals surface area contributed by atoms with Crippen LogP contribution in [0.4, 0.5) is 17.1 Å². The molecule has 0 saturated heterocycles. The maximum absolute atomic E-state index is 12.9. The Bertz CT molecular complexity index is 1100. The third kappa shape index (κ3) is 5.99. The maximum atomic E-state index is 12.9. The van der Waals surface area contributed by atoms with Crippen molar-refractivity contribution in [1.29, 1.82) is 0 Å². The van der Waals surface area contributed by atoms with Gasteiger partial charge in [-0.1, -0.05) is 38.0 Å². The fourth-order valence-electron chi connectivity index (χ4n) is 3.55. The van der Waals surface area contributed by atoms with Crippen LogP contribution in [0.25, 0.3) is 0 Å². The Morgan fingerprint density at radius 1 is 1.03 bits per heavy atom. The van der Waals surface area contributed by atoms with E-state index in [1.54, 1.807) is 22.9 Å². The molecule has 0 bridgehead atoms. The molecule has 1 heterocycles. The Morgan fingerprint density at radius 2 is 1.82 bits per heavy atom. The lowest BCUT2D eigenvalue weighted by Gasteiger charge is -2.29. The Labute approximate surface area is 203 Å². The number of hydrogen-bond donors (Lipinski definition) is 2. The highest BCUT2D eigenvalue weighted by Gasteiger charge is 2.27. The van der Waals surface area contributed by atoms with Crippen LogP contribution in [0, 0.1) is 0 Å². The van der Waals surface area contributed by atoms with Gasteiger partial charge in [-0.25, -0.2) is 0 Å². The van der Waals surface area contributed by atoms with Gasteiger partial charge in [0.2, 0.25) is 5.91 Å². The molecule has 7 heteroatoms. The molecule has 170 valence electrons. The van der Waals surface area contributed by atoms with Crippen molar-refractivity contribution < 1.29 is 9.59 Å². The number of amides is 2. The summed E-state index contributed by atoms with van der Waals surface area (Å²) >= 11 is 3.11. The van der Waals surface area contributed by atoms with E-state index in [4.69, 9.17) is 0 Å². The molecule has 0 unspecified atom stereocenters. The summed E-state index contributed by atoms with van der Waals surface area (Å²) in [5, 5.41) is 2.96. The third-order valence-corrected chi connectivity index (χ3v) is 7.17. The van der Waals surface area contributed by atoms with Crippen molar-refractivity contribution in [2.24, 2.45) is 0 Å². The Morgan fingerprint density at radius 3 is 2.58 bits per heavy atom. The summed E-state index contributed by atoms with van der Waals surface area (Å²) in [6.45, 7) is 3.18. The van der Waals surface area contributed by atoms with Crippen molar-refractivity contribution in [2.75, 3.05) is 22.5 Å². The normalized spacial score (nSPS) is 13.0. The van der Waals surface area contributed by atoms with Crippen LogP contribution in [-0.4, -0.2) is 24.1 Å². The van der Waals surface area contributed by atoms with Gasteiger partial charge in [0, 0.05) is 33.3 Å². The fourth-order valence-corrected chi connectivity index (χ4v) is 5.10. The van der Waals surface area contributed by atoms with Crippen LogP contribution >= 0.6 is 23.7 Å². The van der Waals surface area contributed by atoms with Crippen LogP contribution in [-0.2, 0) is 4.79 Å². The van der Waals surface area contributed by atoms with Crippen molar-refractivity contribution in [3.63, 3.8) is 0 Å². The Balaban J connectivity index is 1.44. The minimum Gasteiger partial charge on any atom is -0.322 e. The zero-order valence-corrected chi connectivity index (χ0v) is 20.2. The van der Waals surface area contributed by atoms with E-state index in [0.717, 1.165) is 33.4 Å². The summed E-state index contributed by atoms with van der Waals surface area (Å²) in [6.07, 6.45) is 3.62. The van der Waals surface area contributed by atoms with Gasteiger partial charge < -0.3 is 5.32 Å². The SMILES string of the molecule is CCCCCNSc1ccc(NC(=O)c2ccc3c(c2)N(c2ccccc2)C(=O)CS3)cc1. The van der Waals surface area contributed by atoms with E-state index >= 15 is 0 Å². The van der Waals surface area contributed by atoms with Crippen LogP contribution < -0.4 is 14.9 Å². The molecule has 33 heavy (non-hydrogen) atoms. The predicted molar refractivity (Wildman–Crippen MR) is 139 cm³/mol. The highest BCUT2D eigenvalue weighted by molar-refractivity contribution is 8.00. The molecule has 2 amide bonds. The van der Waals surface area contributed by atoms with Crippen molar-refractivity contribution in [3.05, 3.63) is 78.4 Å². The van der Waals surface area contributed by atoms with Crippen molar-refractivity contribution >= 4 is 52.6 Å². The minimum absolute atomic E-state index is 0.00708. The average Bonchev–Trinajstić information content (AvgIpc) is 2.85. The molecule has 4 rings (SSSR count). The summed E-state index contributed by atoms with van der Waals surface area (Å²) < 4.78 is 3.37. The van der Waals surface area contributed by atoms with Crippen molar-refractivity contribution in [3.8, 4) is 0 Å². The monoisotopic (exact) mass is 477 g/mol. The number of hydrogen-bond acceptors (Lipinski definition) is 5. The topological polar surface area (TPSA) is 61.4 Å². The van der Waals surface area contributed by atoms with Gasteiger partial charge >= 0.3 is 0 Å². The molecule has 0 saturated carbocycles. The van der Waals surface area contributed by atoms with Crippen LogP contribution in [0.2, 0.25) is 0 Å². The maximum Gasteiger partial charge on any atom is 0.255 e. The lowest BCUT2D eigenvalue weighted by Crippen LogP contribution is -2.31. The number of carbonyl (C=O) groups is 2. The number of para-hydroxylation sites is 1. The minimum atomic E-state index is -0.202. The molecule has 3 aromatic carbocycles. The molecule has 0 spiro atoms. The van der Waals surface area contributed by atoms with Gasteiger partial charge in [0.1, 0.15) is 0 Å². The molecule has 2 N–H and O–H groups in total. The van der Waals surface area contributed by atoms with Gasteiger partial charge in [-0.2, -0.15) is 0 Å². The third-order valence-electron chi connectivity index (χ3n) is 5.26. The van der Waals surface area contributed by atoms with E-state index in [1.165, 1.54) is 31.0 Å². The largest absolute Gasteiger partial charge is 0.322 e. The molecule has 0 fully saturated rings. The van der Waals surface area contributed by atoms with Gasteiger partial charge in [0.05, 0.1) is 11.4 Å². The Kier molecular flexibility index (Phi) is 8.10. The number of anilines is 3. The molecule has 1 aliphatic rings. The summed E-state index contributed by atoms with van der Waals surface area (Å²) in [5.74, 6) is 0.185. The summed E-state index contributed by atoms with van der Waals surface area (Å²) in [4.78, 5) is 29.4. The van der Waals surface area contributed by atoms with Gasteiger partial charge in [0.15, 0.2) is 0 Å². The van der Waals surface area contributed by atoms with Gasteiger partial charge in [-0.05, 0) is 73.0 Å². The first-order valence-electron chi connectivity index (χ1n) is 11.1. The number of carbonyl (C=O) groups excluding carboxylic acids is 2. The van der Waals surface area contributed by atoms with E-state index in [9.17, 15) is 9.59 Å². The quantitative estimate of drug-likeness (QED) is 0.272. The number of rotatable bonds is 9. The van der Waals surface area contributed by atoms with Crippen LogP contribution in [0.15, 0.2) is 82.6 Å². The number of unbranched alkanes of at least 4 members (excludes halogenated alkanes) is 2. The van der Waals surface area contributed by atoms with E-state index in [-0.39, 0.29) is 11.8 Å². The highest BCUT2D eigenvalue weighted by atomic mass is 32.2. The second-order valence-corrected chi connectivity index (χ2v) is 9.70. The Hall–Kier alpha value is -2.74. The van der Waals surface area contributed by atoms with Gasteiger partial charge in [0.25, 0.3) is 5.91 Å². The molecule has 0 aromatic heterocycles. The molecule has 3 aromatic rings. The molecule has 0 aliphatic carbocycles. The van der Waals surface area contributed by atoms with Gasteiger partial charge in [-0.3, -0.25) is 19.2 Å². The summed E-state index contributed by atoms with van der Waals surface area (Å²) in [6, 6.07) is 22.9. The first-order chi connectivity index (χ1) is 16.2. The number of benzene rings is 3. The smallest absolute Gasteiger partial charge is 0.255 e. The lowest BCUT2D eigenvalue weighted by atomic mass is 10.1. The standard InChI is InChI=1S/C26H27N3O2S2/c1-2-3-7-16-27-33-22-13-11-20(12-14-22)28-26(31)19-10-15-24-23(17-19)29(25(30)18-32-24)21-8-5-4-6-9-21/h4-6,8-15,17,27H,2-3,7,16,18H2,1H3,(H,28,31). The second kappa shape index (κ2) is 11.4. The van der Waals surface area contributed by atoms with Crippen LogP contribution in [0.3, 0.4) is 0 Å². The van der Waals surface area contributed by atoms with Crippen molar-refractivity contribution in [2.45, 2.75) is 36.0 Å². The van der Waals surface area contributed by atoms with E-state index < -0.39 is 0 Å². The average molecular weight is 478 g/mol. The number of thioether (sulfide) groups is 1. The lowest BCUT2D eigenvalue weighted by molar-refractivity contribution is -0.115. The number of nitrogens with one attached hydrogen (secondary N) is 2. The molecular weight excluding hydrogens is 450 g/mol. The van der Waals surface area contributed by atoms with E-state index in [1.807, 2.05) is 66.7 Å². The first-order valence-corrected chi connectivity index (χ1v) is 12.9. The second-order valence-electron chi connectivity index (χ2n) is 7.72. The zero-order valence-electron chi connectivity index (χ0n) is 18.5. The summed E-state index contributed by atoms with van der Waals surface area (Å²) in [5.41, 5.74) is 2.80. The first kappa shape index (κ1) is 23.4. The molecule has 0 radical (unpaired) electrons. The molecule has 1 aliphatic heterocycles. The molecular formula is C26H27N3O2S2. The molecule has 5 nitrogen and oxygen atoms in total. The fraction of sp³-hybridized carbons (Fsp3) is 0.231. The zero-order chi connectivity index (χ0) is 23.0. The summed E-state index contributed by atoms with van der Waals surface area (Å²) in [7, 11) is 0. The van der Waals surface area contributed by atoms with Crippen LogP contribution in [0.5, 0.6) is 0 Å². The van der Waals surface area contributed by atoms with E-state index in [2.05, 4.69) is 17.0 Å². The van der Waals surface area contributed by atoms with Crippen LogP contribution in [0.1, 0.15) is 36.5 Å². The predicted octanol–water partition coefficient (Wildman–Crippen LogP) is 6.50. The number of fused-ring (bicyclic) bond motifs is 1. The van der Waals surface area contributed by atoms with E-state index in [0.29, 0.717) is 11.3 Å².